The van der Waals surface area contributed by atoms with E-state index in [9.17, 15) is 17.6 Å². The van der Waals surface area contributed by atoms with Gasteiger partial charge in [-0.2, -0.15) is 32.2 Å². The Labute approximate surface area is 223 Å². The van der Waals surface area contributed by atoms with E-state index in [-0.39, 0.29) is 17.5 Å². The molecule has 9 nitrogen and oxygen atoms in total. The van der Waals surface area contributed by atoms with Gasteiger partial charge in [0.1, 0.15) is 23.6 Å². The summed E-state index contributed by atoms with van der Waals surface area (Å²) in [5.41, 5.74) is 0.415. The van der Waals surface area contributed by atoms with Crippen LogP contribution >= 0.6 is 45.2 Å². The quantitative estimate of drug-likeness (QED) is 0.143. The third-order valence-corrected chi connectivity index (χ3v) is 6.26. The SMILES string of the molecule is COc1cc(Nc2nc3c(C(F)(F)I)ccc(O[C@@H](C)C(F)(F)I)n3n2)ccc1-n1cnc(C)n1. The van der Waals surface area contributed by atoms with Crippen LogP contribution in [0.25, 0.3) is 11.3 Å². The summed E-state index contributed by atoms with van der Waals surface area (Å²) in [5.74, 6) is 0.815. The van der Waals surface area contributed by atoms with Crippen molar-refractivity contribution in [1.82, 2.24) is 29.4 Å². The molecule has 1 N–H and O–H groups in total. The molecule has 0 aliphatic rings. The van der Waals surface area contributed by atoms with Crippen LogP contribution in [0.3, 0.4) is 0 Å². The Hall–Kier alpha value is -2.44. The van der Waals surface area contributed by atoms with Gasteiger partial charge >= 0.3 is 7.86 Å². The number of benzene rings is 1. The second-order valence-electron chi connectivity index (χ2n) is 7.30. The number of hydrogen-bond donors (Lipinski definition) is 1. The number of ether oxygens (including phenoxy) is 2. The molecule has 3 aromatic heterocycles. The van der Waals surface area contributed by atoms with E-state index in [1.807, 2.05) is 0 Å². The summed E-state index contributed by atoms with van der Waals surface area (Å²) in [7, 11) is 1.48. The number of rotatable bonds is 8. The number of alkyl halides is 6. The lowest BCUT2D eigenvalue weighted by Gasteiger charge is -2.20. The van der Waals surface area contributed by atoms with Gasteiger partial charge in [-0.25, -0.2) is 9.67 Å². The van der Waals surface area contributed by atoms with Crippen molar-refractivity contribution in [1.29, 1.82) is 0 Å². The monoisotopic (exact) mass is 717 g/mol. The number of halogens is 6. The smallest absolute Gasteiger partial charge is 0.332 e. The lowest BCUT2D eigenvalue weighted by molar-refractivity contribution is 0.00358. The molecule has 0 aliphatic carbocycles. The predicted molar refractivity (Wildman–Crippen MR) is 136 cm³/mol. The first-order chi connectivity index (χ1) is 16.4. The Balaban J connectivity index is 1.72. The zero-order valence-electron chi connectivity index (χ0n) is 18.3. The minimum absolute atomic E-state index is 0.0526. The number of aryl methyl sites for hydroxylation is 1. The van der Waals surface area contributed by atoms with Gasteiger partial charge in [-0.3, -0.25) is 0 Å². The first-order valence-corrected chi connectivity index (χ1v) is 12.1. The number of nitrogens with one attached hydrogen (secondary N) is 1. The van der Waals surface area contributed by atoms with Gasteiger partial charge in [0.2, 0.25) is 11.8 Å². The Morgan fingerprint density at radius 1 is 1.09 bits per heavy atom. The minimum atomic E-state index is -3.29. The van der Waals surface area contributed by atoms with Crippen molar-refractivity contribution in [3.63, 3.8) is 0 Å². The Morgan fingerprint density at radius 2 is 1.83 bits per heavy atom. The van der Waals surface area contributed by atoms with E-state index < -0.39 is 19.5 Å². The van der Waals surface area contributed by atoms with Crippen molar-refractivity contribution in [2.45, 2.75) is 27.8 Å². The van der Waals surface area contributed by atoms with E-state index >= 15 is 0 Å². The molecule has 0 amide bonds. The van der Waals surface area contributed by atoms with E-state index in [0.29, 0.717) is 22.9 Å². The van der Waals surface area contributed by atoms with Crippen LogP contribution in [-0.4, -0.2) is 46.5 Å². The third kappa shape index (κ3) is 5.54. The molecule has 1 aromatic carbocycles. The molecule has 4 rings (SSSR count). The molecule has 0 fully saturated rings. The van der Waals surface area contributed by atoms with Crippen LogP contribution in [0.5, 0.6) is 11.6 Å². The maximum Gasteiger partial charge on any atom is 0.332 e. The summed E-state index contributed by atoms with van der Waals surface area (Å²) in [5, 5.41) is 11.3. The predicted octanol–water partition coefficient (Wildman–Crippen LogP) is 5.65. The maximum atomic E-state index is 14.2. The van der Waals surface area contributed by atoms with Crippen molar-refractivity contribution in [2.24, 2.45) is 0 Å². The molecular weight excluding hydrogens is 700 g/mol. The Kier molecular flexibility index (Phi) is 7.00. The summed E-state index contributed by atoms with van der Waals surface area (Å²) in [6, 6.07) is 7.27. The molecule has 0 radical (unpaired) electrons. The molecule has 0 spiro atoms. The summed E-state index contributed by atoms with van der Waals surface area (Å²) in [4.78, 5) is 8.25. The number of methoxy groups -OCH3 is 1. The molecule has 1 atom stereocenters. The van der Waals surface area contributed by atoms with Gasteiger partial charge in [0.15, 0.2) is 11.8 Å². The minimum Gasteiger partial charge on any atom is -0.494 e. The zero-order valence-corrected chi connectivity index (χ0v) is 22.6. The van der Waals surface area contributed by atoms with E-state index in [1.54, 1.807) is 29.8 Å². The fourth-order valence-electron chi connectivity index (χ4n) is 3.09. The zero-order chi connectivity index (χ0) is 25.5. The molecule has 0 bridgehead atoms. The highest BCUT2D eigenvalue weighted by atomic mass is 127. The fraction of sp³-hybridized carbons (Fsp3) is 0.300. The summed E-state index contributed by atoms with van der Waals surface area (Å²) in [6.07, 6.45) is -0.00701. The van der Waals surface area contributed by atoms with Gasteiger partial charge in [0.25, 0.3) is 0 Å². The maximum absolute atomic E-state index is 14.2. The number of hydrogen-bond acceptors (Lipinski definition) is 7. The number of nitrogens with zero attached hydrogens (tertiary/aromatic N) is 6. The van der Waals surface area contributed by atoms with Gasteiger partial charge in [0.05, 0.1) is 12.7 Å². The molecular formula is C20H17F4I2N7O2. The van der Waals surface area contributed by atoms with Crippen LogP contribution in [0.2, 0.25) is 0 Å². The van der Waals surface area contributed by atoms with Gasteiger partial charge in [0, 0.05) is 63.0 Å². The number of pyridine rings is 1. The molecule has 4 aromatic rings. The van der Waals surface area contributed by atoms with Gasteiger partial charge in [-0.05, 0) is 32.0 Å². The van der Waals surface area contributed by atoms with Crippen LogP contribution in [0.15, 0.2) is 36.7 Å². The normalized spacial score (nSPS) is 13.2. The summed E-state index contributed by atoms with van der Waals surface area (Å²) >= 11 is 1.92. The Bertz CT molecular complexity index is 1370. The standard InChI is InChI=1S/C20H17F4I2N7O2/c1-10(19(21,22)25)35-16-7-5-13(20(23,24)26)17-29-18(31-33(16)17)28-12-4-6-14(15(8-12)34-3)32-9-27-11(2)30-32/h4-10H,1-3H3,(H,28,31)/t10-/m0/s1. The first-order valence-electron chi connectivity index (χ1n) is 9.91. The van der Waals surface area contributed by atoms with Crippen molar-refractivity contribution in [3.8, 4) is 17.3 Å². The van der Waals surface area contributed by atoms with Gasteiger partial charge < -0.3 is 14.8 Å². The largest absolute Gasteiger partial charge is 0.494 e. The molecule has 3 heterocycles. The molecule has 186 valence electrons. The van der Waals surface area contributed by atoms with Gasteiger partial charge in [-0.15, -0.1) is 5.10 Å². The molecule has 35 heavy (non-hydrogen) atoms. The van der Waals surface area contributed by atoms with Crippen LogP contribution in [0.1, 0.15) is 18.3 Å². The second kappa shape index (κ2) is 9.55. The molecule has 0 saturated heterocycles. The average Bonchev–Trinajstić information content (AvgIpc) is 3.38. The summed E-state index contributed by atoms with van der Waals surface area (Å²) < 4.78 is 62.5. The highest BCUT2D eigenvalue weighted by molar-refractivity contribution is 14.1. The highest BCUT2D eigenvalue weighted by Crippen LogP contribution is 2.39. The fourth-order valence-corrected chi connectivity index (χ4v) is 3.63. The van der Waals surface area contributed by atoms with Crippen molar-refractivity contribution >= 4 is 62.5 Å². The van der Waals surface area contributed by atoms with E-state index in [0.717, 1.165) is 61.8 Å². The van der Waals surface area contributed by atoms with Gasteiger partial charge in [-0.1, -0.05) is 0 Å². The highest BCUT2D eigenvalue weighted by Gasteiger charge is 2.36. The molecule has 0 unspecified atom stereocenters. The van der Waals surface area contributed by atoms with Crippen LogP contribution in [0, 0.1) is 6.92 Å². The number of aromatic nitrogens is 6. The molecule has 0 saturated carbocycles. The Morgan fingerprint density at radius 3 is 2.43 bits per heavy atom. The first kappa shape index (κ1) is 25.6. The lowest BCUT2D eigenvalue weighted by Crippen LogP contribution is -2.30. The third-order valence-electron chi connectivity index (χ3n) is 4.80. The topological polar surface area (TPSA) is 91.4 Å². The van der Waals surface area contributed by atoms with E-state index in [1.165, 1.54) is 20.4 Å². The van der Waals surface area contributed by atoms with E-state index in [4.69, 9.17) is 9.47 Å². The molecule has 15 heteroatoms. The average molecular weight is 717 g/mol. The van der Waals surface area contributed by atoms with Crippen molar-refractivity contribution < 1.29 is 27.0 Å². The van der Waals surface area contributed by atoms with Crippen molar-refractivity contribution in [3.05, 3.63) is 48.0 Å². The van der Waals surface area contributed by atoms with Crippen LogP contribution in [0.4, 0.5) is 29.2 Å². The molecule has 0 aliphatic heterocycles. The van der Waals surface area contributed by atoms with Crippen LogP contribution < -0.4 is 14.8 Å². The summed E-state index contributed by atoms with van der Waals surface area (Å²) in [6.45, 7) is 2.92. The number of anilines is 2. The van der Waals surface area contributed by atoms with Crippen molar-refractivity contribution in [2.75, 3.05) is 12.4 Å². The van der Waals surface area contributed by atoms with E-state index in [2.05, 4.69) is 25.5 Å². The second-order valence-corrected chi connectivity index (χ2v) is 10.1. The number of fused-ring (bicyclic) bond motifs is 1. The van der Waals surface area contributed by atoms with Crippen LogP contribution in [-0.2, 0) is 3.93 Å². The lowest BCUT2D eigenvalue weighted by atomic mass is 10.2.